The van der Waals surface area contributed by atoms with E-state index in [1.807, 2.05) is 11.0 Å². The summed E-state index contributed by atoms with van der Waals surface area (Å²) in [5, 5.41) is 9.44. The lowest BCUT2D eigenvalue weighted by atomic mass is 9.96. The lowest BCUT2D eigenvalue weighted by molar-refractivity contribution is -0.123. The summed E-state index contributed by atoms with van der Waals surface area (Å²) in [6.45, 7) is 0.896. The van der Waals surface area contributed by atoms with Crippen LogP contribution in [0.4, 0.5) is 5.82 Å². The second kappa shape index (κ2) is 7.86. The maximum absolute atomic E-state index is 12.5. The van der Waals surface area contributed by atoms with Gasteiger partial charge in [-0.15, -0.1) is 11.3 Å². The predicted molar refractivity (Wildman–Crippen MR) is 108 cm³/mol. The Hall–Kier alpha value is -2.68. The number of nitriles is 1. The Balaban J connectivity index is 1.44. The molecule has 4 rings (SSSR count). The molecule has 0 atom stereocenters. The van der Waals surface area contributed by atoms with E-state index < -0.39 is 27.8 Å². The third-order valence-electron chi connectivity index (χ3n) is 4.98. The van der Waals surface area contributed by atoms with Crippen LogP contribution >= 0.6 is 22.9 Å². The molecule has 1 amide bonds. The molecular weight excluding hydrogens is 452 g/mol. The van der Waals surface area contributed by atoms with Crippen LogP contribution in [0.3, 0.4) is 0 Å². The van der Waals surface area contributed by atoms with Gasteiger partial charge in [0.15, 0.2) is 0 Å². The molecule has 0 radical (unpaired) electrons. The molecule has 9 nitrogen and oxygen atoms in total. The fraction of sp³-hybridized carbons (Fsp3) is 0.333. The summed E-state index contributed by atoms with van der Waals surface area (Å²) in [5.41, 5.74) is 1.03. The zero-order valence-corrected chi connectivity index (χ0v) is 17.8. The number of esters is 1. The maximum Gasteiger partial charge on any atom is 0.340 e. The topological polar surface area (TPSA) is 129 Å². The van der Waals surface area contributed by atoms with Crippen molar-refractivity contribution < 1.29 is 22.7 Å². The summed E-state index contributed by atoms with van der Waals surface area (Å²) in [6, 6.07) is 6.33. The van der Waals surface area contributed by atoms with Gasteiger partial charge in [0.25, 0.3) is 10.0 Å². The van der Waals surface area contributed by atoms with Gasteiger partial charge in [-0.2, -0.15) is 5.26 Å². The largest absolute Gasteiger partial charge is 0.455 e. The molecule has 4 heterocycles. The van der Waals surface area contributed by atoms with Gasteiger partial charge in [-0.3, -0.25) is 4.79 Å². The number of amides is 1. The quantitative estimate of drug-likeness (QED) is 0.677. The molecule has 2 aliphatic heterocycles. The summed E-state index contributed by atoms with van der Waals surface area (Å²) >= 11 is 6.65. The number of nitrogens with zero attached hydrogens (tertiary/aromatic N) is 3. The van der Waals surface area contributed by atoms with Gasteiger partial charge in [0, 0.05) is 19.0 Å². The third kappa shape index (κ3) is 3.86. The Morgan fingerprint density at radius 1 is 1.37 bits per heavy atom. The first-order valence-electron chi connectivity index (χ1n) is 8.96. The van der Waals surface area contributed by atoms with Crippen LogP contribution in [-0.4, -0.2) is 38.4 Å². The first-order valence-corrected chi connectivity index (χ1v) is 11.6. The van der Waals surface area contributed by atoms with E-state index in [1.54, 1.807) is 0 Å². The van der Waals surface area contributed by atoms with E-state index in [1.165, 1.54) is 18.2 Å². The average molecular weight is 467 g/mol. The van der Waals surface area contributed by atoms with Crippen LogP contribution in [0.5, 0.6) is 0 Å². The highest BCUT2D eigenvalue weighted by atomic mass is 35.5. The molecule has 30 heavy (non-hydrogen) atoms. The second-order valence-corrected chi connectivity index (χ2v) is 10.5. The maximum atomic E-state index is 12.5. The van der Waals surface area contributed by atoms with Crippen molar-refractivity contribution in [3.8, 4) is 6.07 Å². The van der Waals surface area contributed by atoms with Crippen molar-refractivity contribution in [1.29, 1.82) is 5.26 Å². The van der Waals surface area contributed by atoms with Crippen molar-refractivity contribution in [3.05, 3.63) is 39.4 Å². The minimum atomic E-state index is -3.96. The van der Waals surface area contributed by atoms with E-state index in [0.717, 1.165) is 11.3 Å². The average Bonchev–Trinajstić information content (AvgIpc) is 3.33. The molecule has 156 valence electrons. The molecule has 1 saturated heterocycles. The molecule has 0 aliphatic carbocycles. The van der Waals surface area contributed by atoms with Gasteiger partial charge in [-0.1, -0.05) is 11.6 Å². The Bertz CT molecular complexity index is 1180. The number of nitrogens with one attached hydrogen (secondary N) is 1. The smallest absolute Gasteiger partial charge is 0.340 e. The van der Waals surface area contributed by atoms with Gasteiger partial charge in [0.05, 0.1) is 21.2 Å². The number of pyridine rings is 1. The van der Waals surface area contributed by atoms with Crippen molar-refractivity contribution in [2.75, 3.05) is 18.0 Å². The molecule has 0 saturated carbocycles. The van der Waals surface area contributed by atoms with E-state index >= 15 is 0 Å². The minimum Gasteiger partial charge on any atom is -0.455 e. The summed E-state index contributed by atoms with van der Waals surface area (Å²) < 4.78 is 32.0. The summed E-state index contributed by atoms with van der Waals surface area (Å²) in [6.07, 6.45) is 0.789. The van der Waals surface area contributed by atoms with Gasteiger partial charge in [-0.05, 0) is 31.0 Å². The number of halogens is 1. The van der Waals surface area contributed by atoms with Crippen molar-refractivity contribution in [2.24, 2.45) is 5.92 Å². The van der Waals surface area contributed by atoms with Crippen LogP contribution in [-0.2, 0) is 26.2 Å². The highest BCUT2D eigenvalue weighted by Crippen LogP contribution is 2.30. The van der Waals surface area contributed by atoms with Gasteiger partial charge in [-0.25, -0.2) is 22.9 Å². The third-order valence-corrected chi connectivity index (χ3v) is 8.05. The van der Waals surface area contributed by atoms with Crippen molar-refractivity contribution in [1.82, 2.24) is 9.71 Å². The number of piperidine rings is 1. The first-order chi connectivity index (χ1) is 14.3. The number of fused-ring (bicyclic) bond motifs is 1. The highest BCUT2D eigenvalue weighted by Gasteiger charge is 2.32. The number of cyclic esters (lactones) is 1. The van der Waals surface area contributed by atoms with Gasteiger partial charge in [0.2, 0.25) is 5.91 Å². The Morgan fingerprint density at radius 2 is 2.10 bits per heavy atom. The first kappa shape index (κ1) is 20.6. The molecule has 1 N–H and O–H groups in total. The van der Waals surface area contributed by atoms with E-state index in [2.05, 4.69) is 9.71 Å². The summed E-state index contributed by atoms with van der Waals surface area (Å²) in [7, 11) is -3.96. The van der Waals surface area contributed by atoms with Gasteiger partial charge >= 0.3 is 5.97 Å². The number of thiophene rings is 1. The Labute approximate surface area is 181 Å². The fourth-order valence-electron chi connectivity index (χ4n) is 3.42. The second-order valence-electron chi connectivity index (χ2n) is 6.83. The van der Waals surface area contributed by atoms with Gasteiger partial charge in [0.1, 0.15) is 22.7 Å². The van der Waals surface area contributed by atoms with Crippen LogP contribution < -0.4 is 9.62 Å². The normalized spacial score (nSPS) is 16.7. The van der Waals surface area contributed by atoms with Crippen molar-refractivity contribution in [2.45, 2.75) is 23.7 Å². The summed E-state index contributed by atoms with van der Waals surface area (Å²) in [4.78, 5) is 30.4. The molecule has 2 aromatic rings. The Morgan fingerprint density at radius 3 is 2.73 bits per heavy atom. The van der Waals surface area contributed by atoms with E-state index in [9.17, 15) is 23.3 Å². The number of carbonyl (C=O) groups excluding carboxylic acids is 2. The van der Waals surface area contributed by atoms with Crippen molar-refractivity contribution in [3.63, 3.8) is 0 Å². The zero-order chi connectivity index (χ0) is 21.5. The molecule has 1 fully saturated rings. The molecule has 12 heteroatoms. The summed E-state index contributed by atoms with van der Waals surface area (Å²) in [5.74, 6) is -1.12. The standard InChI is InChI=1S/C18H15ClN4O5S2/c19-14-1-2-15(29-14)30(26,27)22-17(24)10-3-5-23(6-4-10)16-11(8-20)7-12-13(21-16)9-28-18(12)25/h1-2,7,10H,3-6,9H2,(H,22,24). The number of anilines is 1. The number of hydrogen-bond donors (Lipinski definition) is 1. The highest BCUT2D eigenvalue weighted by molar-refractivity contribution is 7.92. The van der Waals surface area contributed by atoms with Crippen LogP contribution in [0, 0.1) is 17.2 Å². The number of rotatable bonds is 4. The monoisotopic (exact) mass is 466 g/mol. The lowest BCUT2D eigenvalue weighted by Crippen LogP contribution is -2.42. The molecule has 0 aromatic carbocycles. The number of ether oxygens (including phenoxy) is 1. The van der Waals surface area contributed by atoms with Crippen LogP contribution in [0.1, 0.15) is 34.5 Å². The number of aromatic nitrogens is 1. The Kier molecular flexibility index (Phi) is 5.40. The number of sulfonamides is 1. The molecule has 0 spiro atoms. The van der Waals surface area contributed by atoms with E-state index in [-0.39, 0.29) is 16.4 Å². The van der Waals surface area contributed by atoms with Crippen LogP contribution in [0.15, 0.2) is 22.4 Å². The van der Waals surface area contributed by atoms with E-state index in [0.29, 0.717) is 47.3 Å². The number of carbonyl (C=O) groups is 2. The lowest BCUT2D eigenvalue weighted by Gasteiger charge is -2.32. The van der Waals surface area contributed by atoms with Crippen molar-refractivity contribution >= 4 is 50.7 Å². The van der Waals surface area contributed by atoms with E-state index in [4.69, 9.17) is 16.3 Å². The van der Waals surface area contributed by atoms with Crippen LogP contribution in [0.25, 0.3) is 0 Å². The molecule has 0 bridgehead atoms. The molecule has 2 aliphatic rings. The fourth-order valence-corrected chi connectivity index (χ4v) is 5.95. The SMILES string of the molecule is N#Cc1cc2c(nc1N1CCC(C(=O)NS(=O)(=O)c3ccc(Cl)s3)CC1)COC2=O. The minimum absolute atomic E-state index is 0.0175. The number of hydrogen-bond acceptors (Lipinski definition) is 9. The van der Waals surface area contributed by atoms with Gasteiger partial charge < -0.3 is 9.64 Å². The molecule has 2 aromatic heterocycles. The molecule has 0 unspecified atom stereocenters. The predicted octanol–water partition coefficient (Wildman–Crippen LogP) is 2.06. The van der Waals surface area contributed by atoms with Crippen LogP contribution in [0.2, 0.25) is 4.34 Å². The zero-order valence-electron chi connectivity index (χ0n) is 15.4. The molecular formula is C18H15ClN4O5S2.